The number of carbonyl (C=O) groups excluding carboxylic acids is 1. The van der Waals surface area contributed by atoms with E-state index in [4.69, 9.17) is 9.94 Å². The Bertz CT molecular complexity index is 359. The Morgan fingerprint density at radius 1 is 1.75 bits per heavy atom. The second kappa shape index (κ2) is 6.44. The minimum absolute atomic E-state index is 0.0606. The molecule has 1 aromatic rings. The van der Waals surface area contributed by atoms with Crippen LogP contribution in [-0.4, -0.2) is 28.5 Å². The number of esters is 1. The molecule has 0 fully saturated rings. The highest BCUT2D eigenvalue weighted by Gasteiger charge is 2.12. The summed E-state index contributed by atoms with van der Waals surface area (Å²) in [5, 5.41) is 19.0. The SMILES string of the molecule is CCOC(=O)CSc1ncccc1[NH+]([O-])O. The Balaban J connectivity index is 2.63. The van der Waals surface area contributed by atoms with Gasteiger partial charge in [-0.3, -0.25) is 4.79 Å². The van der Waals surface area contributed by atoms with Gasteiger partial charge in [-0.2, -0.15) is 5.23 Å². The van der Waals surface area contributed by atoms with Crippen molar-refractivity contribution >= 4 is 23.4 Å². The van der Waals surface area contributed by atoms with Crippen molar-refractivity contribution in [2.45, 2.75) is 11.9 Å². The molecule has 1 rings (SSSR count). The van der Waals surface area contributed by atoms with E-state index in [9.17, 15) is 10.0 Å². The Kier molecular flexibility index (Phi) is 5.20. The maximum atomic E-state index is 11.1. The van der Waals surface area contributed by atoms with E-state index in [0.29, 0.717) is 11.6 Å². The zero-order valence-electron chi connectivity index (χ0n) is 8.67. The first-order valence-corrected chi connectivity index (χ1v) is 5.60. The molecule has 0 aliphatic heterocycles. The number of hydrogen-bond donors (Lipinski definition) is 2. The number of thioether (sulfide) groups is 1. The predicted molar refractivity (Wildman–Crippen MR) is 57.4 cm³/mol. The monoisotopic (exact) mass is 244 g/mol. The standard InChI is InChI=1S/C9H12N2O4S/c1-2-15-8(12)6-16-9-7(11(13)14)4-3-5-10-9/h3-5,11,13H,2,6H2,1H3. The largest absolute Gasteiger partial charge is 0.595 e. The van der Waals surface area contributed by atoms with Gasteiger partial charge in [0.2, 0.25) is 0 Å². The highest BCUT2D eigenvalue weighted by Crippen LogP contribution is 2.21. The lowest BCUT2D eigenvalue weighted by Crippen LogP contribution is -2.99. The fourth-order valence-electron chi connectivity index (χ4n) is 0.999. The summed E-state index contributed by atoms with van der Waals surface area (Å²) in [4.78, 5) is 15.0. The van der Waals surface area contributed by atoms with Gasteiger partial charge in [0.05, 0.1) is 12.4 Å². The van der Waals surface area contributed by atoms with Crippen molar-refractivity contribution in [1.29, 1.82) is 0 Å². The van der Waals surface area contributed by atoms with Crippen molar-refractivity contribution in [3.8, 4) is 0 Å². The molecule has 1 heterocycles. The molecule has 0 aromatic carbocycles. The summed E-state index contributed by atoms with van der Waals surface area (Å²) in [6.07, 6.45) is 1.49. The number of nitrogens with zero attached hydrogens (tertiary/aromatic N) is 1. The summed E-state index contributed by atoms with van der Waals surface area (Å²) >= 11 is 1.06. The van der Waals surface area contributed by atoms with E-state index in [1.54, 1.807) is 6.92 Å². The molecule has 0 aliphatic carbocycles. The smallest absolute Gasteiger partial charge is 0.316 e. The molecular formula is C9H12N2O4S. The normalized spacial score (nSPS) is 12.2. The van der Waals surface area contributed by atoms with Crippen LogP contribution in [0.2, 0.25) is 0 Å². The van der Waals surface area contributed by atoms with Crippen LogP contribution in [0.25, 0.3) is 0 Å². The maximum absolute atomic E-state index is 11.1. The van der Waals surface area contributed by atoms with Crippen molar-refractivity contribution < 1.29 is 20.0 Å². The summed E-state index contributed by atoms with van der Waals surface area (Å²) in [7, 11) is 0. The predicted octanol–water partition coefficient (Wildman–Crippen LogP) is 0.140. The summed E-state index contributed by atoms with van der Waals surface area (Å²) in [5.74, 6) is -0.319. The van der Waals surface area contributed by atoms with Crippen molar-refractivity contribution in [3.63, 3.8) is 0 Å². The van der Waals surface area contributed by atoms with Crippen LogP contribution in [0.4, 0.5) is 5.69 Å². The first-order chi connectivity index (χ1) is 7.65. The summed E-state index contributed by atoms with van der Waals surface area (Å²) in [6, 6.07) is 2.99. The van der Waals surface area contributed by atoms with Crippen molar-refractivity contribution in [3.05, 3.63) is 23.5 Å². The fourth-order valence-corrected chi connectivity index (χ4v) is 1.78. The van der Waals surface area contributed by atoms with Crippen LogP contribution in [0.5, 0.6) is 0 Å². The Morgan fingerprint density at radius 3 is 3.12 bits per heavy atom. The molecule has 0 aliphatic rings. The van der Waals surface area contributed by atoms with E-state index in [2.05, 4.69) is 4.98 Å². The number of pyridine rings is 1. The number of carbonyl (C=O) groups is 1. The molecule has 1 atom stereocenters. The van der Waals surface area contributed by atoms with E-state index >= 15 is 0 Å². The van der Waals surface area contributed by atoms with Gasteiger partial charge in [0.25, 0.3) is 0 Å². The van der Waals surface area contributed by atoms with E-state index in [-0.39, 0.29) is 17.4 Å². The van der Waals surface area contributed by atoms with E-state index in [1.807, 2.05) is 0 Å². The second-order valence-corrected chi connectivity index (χ2v) is 3.72. The zero-order chi connectivity index (χ0) is 12.0. The minimum Gasteiger partial charge on any atom is -0.595 e. The van der Waals surface area contributed by atoms with Crippen LogP contribution >= 0.6 is 11.8 Å². The average Bonchev–Trinajstić information content (AvgIpc) is 2.27. The molecule has 0 amide bonds. The molecule has 0 saturated carbocycles. The second-order valence-electron chi connectivity index (χ2n) is 2.75. The summed E-state index contributed by atoms with van der Waals surface area (Å²) < 4.78 is 4.73. The van der Waals surface area contributed by atoms with E-state index < -0.39 is 5.23 Å². The maximum Gasteiger partial charge on any atom is 0.316 e. The fraction of sp³-hybridized carbons (Fsp3) is 0.333. The number of ether oxygens (including phenoxy) is 1. The van der Waals surface area contributed by atoms with Crippen molar-refractivity contribution in [2.75, 3.05) is 12.4 Å². The Hall–Kier alpha value is -1.15. The minimum atomic E-state index is -1.06. The van der Waals surface area contributed by atoms with Gasteiger partial charge in [0.1, 0.15) is 0 Å². The number of nitrogens with one attached hydrogen (secondary N) is 1. The Morgan fingerprint density at radius 2 is 2.50 bits per heavy atom. The van der Waals surface area contributed by atoms with Crippen LogP contribution < -0.4 is 5.23 Å². The summed E-state index contributed by atoms with van der Waals surface area (Å²) in [6.45, 7) is 2.03. The molecule has 7 heteroatoms. The lowest BCUT2D eigenvalue weighted by Gasteiger charge is -2.13. The topological polar surface area (TPSA) is 86.9 Å². The van der Waals surface area contributed by atoms with Gasteiger partial charge in [-0.15, -0.1) is 0 Å². The van der Waals surface area contributed by atoms with Gasteiger partial charge >= 0.3 is 5.97 Å². The molecule has 2 N–H and O–H groups in total. The third kappa shape index (κ3) is 3.78. The molecule has 0 spiro atoms. The third-order valence-electron chi connectivity index (χ3n) is 1.63. The van der Waals surface area contributed by atoms with Crippen LogP contribution in [-0.2, 0) is 9.53 Å². The zero-order valence-corrected chi connectivity index (χ0v) is 9.49. The summed E-state index contributed by atoms with van der Waals surface area (Å²) in [5.41, 5.74) is 0.0943. The third-order valence-corrected chi connectivity index (χ3v) is 2.61. The van der Waals surface area contributed by atoms with E-state index in [0.717, 1.165) is 11.8 Å². The van der Waals surface area contributed by atoms with Crippen LogP contribution in [0.15, 0.2) is 23.4 Å². The van der Waals surface area contributed by atoms with Gasteiger partial charge in [0.15, 0.2) is 10.7 Å². The first-order valence-electron chi connectivity index (χ1n) is 4.62. The van der Waals surface area contributed by atoms with Crippen LogP contribution in [0, 0.1) is 5.21 Å². The van der Waals surface area contributed by atoms with Gasteiger partial charge < -0.3 is 9.94 Å². The quantitative estimate of drug-likeness (QED) is 0.435. The highest BCUT2D eigenvalue weighted by molar-refractivity contribution is 8.00. The van der Waals surface area contributed by atoms with Gasteiger partial charge in [-0.05, 0) is 13.0 Å². The molecule has 88 valence electrons. The van der Waals surface area contributed by atoms with Gasteiger partial charge in [-0.1, -0.05) is 11.8 Å². The molecular weight excluding hydrogens is 232 g/mol. The highest BCUT2D eigenvalue weighted by atomic mass is 32.2. The number of aromatic nitrogens is 1. The number of hydrogen-bond acceptors (Lipinski definition) is 6. The molecule has 6 nitrogen and oxygen atoms in total. The first kappa shape index (κ1) is 12.9. The number of quaternary nitrogens is 1. The molecule has 0 bridgehead atoms. The van der Waals surface area contributed by atoms with Crippen LogP contribution in [0.1, 0.15) is 6.92 Å². The lowest BCUT2D eigenvalue weighted by atomic mass is 10.4. The molecule has 16 heavy (non-hydrogen) atoms. The molecule has 1 aromatic heterocycles. The van der Waals surface area contributed by atoms with Crippen LogP contribution in [0.3, 0.4) is 0 Å². The molecule has 0 saturated heterocycles. The molecule has 1 unspecified atom stereocenters. The van der Waals surface area contributed by atoms with Gasteiger partial charge in [-0.25, -0.2) is 10.2 Å². The number of rotatable bonds is 5. The van der Waals surface area contributed by atoms with Crippen molar-refractivity contribution in [2.24, 2.45) is 0 Å². The lowest BCUT2D eigenvalue weighted by molar-refractivity contribution is -0.992. The van der Waals surface area contributed by atoms with Crippen molar-refractivity contribution in [1.82, 2.24) is 4.98 Å². The van der Waals surface area contributed by atoms with E-state index in [1.165, 1.54) is 18.3 Å². The Labute approximate surface area is 96.8 Å². The molecule has 0 radical (unpaired) electrons. The van der Waals surface area contributed by atoms with Gasteiger partial charge in [0, 0.05) is 12.3 Å². The average molecular weight is 244 g/mol.